The molecule has 6 aromatic rings. The van der Waals surface area contributed by atoms with E-state index < -0.39 is 15.8 Å². The molecule has 0 fully saturated rings. The van der Waals surface area contributed by atoms with Crippen LogP contribution in [0.2, 0.25) is 0 Å². The first-order valence-electron chi connectivity index (χ1n) is 14.6. The molecule has 6 aromatic carbocycles. The Hall–Kier alpha value is -3.39. The Bertz CT molecular complexity index is 1260. The van der Waals surface area contributed by atoms with Crippen molar-refractivity contribution in [2.24, 2.45) is 0 Å². The van der Waals surface area contributed by atoms with Gasteiger partial charge in [0, 0.05) is 0 Å². The molecule has 6 rings (SSSR count). The molecule has 0 aliphatic heterocycles. The predicted molar refractivity (Wildman–Crippen MR) is 200 cm³/mol. The summed E-state index contributed by atoms with van der Waals surface area (Å²) in [6.45, 7) is 6.45. The van der Waals surface area contributed by atoms with E-state index in [4.69, 9.17) is 0 Å². The van der Waals surface area contributed by atoms with Crippen LogP contribution in [0.25, 0.3) is 0 Å². The standard InChI is InChI=1S/2C18H15P.C4H11P/c2*1-4-10-16(11-5-1)19(17-12-6-2-7-13-17)18-14-8-3-9-15-18;1-4(2,3)5/h2*1-15H;5H2,1-3H3. The third kappa shape index (κ3) is 11.0. The highest BCUT2D eigenvalue weighted by Gasteiger charge is 2.16. The third-order valence-electron chi connectivity index (χ3n) is 6.09. The average Bonchev–Trinajstić information content (AvgIpc) is 3.04. The maximum Gasteiger partial charge on any atom is -0.0134 e. The van der Waals surface area contributed by atoms with Crippen molar-refractivity contribution in [3.05, 3.63) is 182 Å². The number of benzene rings is 6. The first-order valence-corrected chi connectivity index (χ1v) is 17.9. The molecule has 0 saturated heterocycles. The van der Waals surface area contributed by atoms with Crippen LogP contribution < -0.4 is 31.8 Å². The maximum atomic E-state index is 2.72. The van der Waals surface area contributed by atoms with E-state index >= 15 is 0 Å². The van der Waals surface area contributed by atoms with Crippen molar-refractivity contribution in [3.63, 3.8) is 0 Å². The van der Waals surface area contributed by atoms with Crippen molar-refractivity contribution < 1.29 is 0 Å². The van der Waals surface area contributed by atoms with Crippen LogP contribution in [-0.2, 0) is 0 Å². The van der Waals surface area contributed by atoms with E-state index in [-0.39, 0.29) is 0 Å². The molecule has 0 spiro atoms. The molecule has 0 aromatic heterocycles. The Morgan fingerprint density at radius 2 is 0.419 bits per heavy atom. The van der Waals surface area contributed by atoms with Crippen LogP contribution in [0.1, 0.15) is 20.8 Å². The fourth-order valence-electron chi connectivity index (χ4n) is 4.36. The Kier molecular flexibility index (Phi) is 12.9. The zero-order valence-electron chi connectivity index (χ0n) is 25.3. The zero-order chi connectivity index (χ0) is 30.3. The number of hydrogen-bond acceptors (Lipinski definition) is 0. The summed E-state index contributed by atoms with van der Waals surface area (Å²) in [5.74, 6) is 0. The van der Waals surface area contributed by atoms with Gasteiger partial charge in [0.25, 0.3) is 0 Å². The average molecular weight is 615 g/mol. The molecule has 3 heteroatoms. The number of rotatable bonds is 6. The third-order valence-corrected chi connectivity index (χ3v) is 11.0. The van der Waals surface area contributed by atoms with Gasteiger partial charge in [-0.25, -0.2) is 0 Å². The van der Waals surface area contributed by atoms with Crippen molar-refractivity contribution >= 4 is 56.9 Å². The van der Waals surface area contributed by atoms with E-state index in [1.807, 2.05) is 0 Å². The molecular weight excluding hydrogens is 573 g/mol. The molecule has 43 heavy (non-hydrogen) atoms. The van der Waals surface area contributed by atoms with Crippen LogP contribution in [0.3, 0.4) is 0 Å². The quantitative estimate of drug-likeness (QED) is 0.165. The van der Waals surface area contributed by atoms with Gasteiger partial charge in [-0.05, 0) is 52.8 Å². The lowest BCUT2D eigenvalue weighted by Gasteiger charge is -2.18. The van der Waals surface area contributed by atoms with E-state index in [9.17, 15) is 0 Å². The van der Waals surface area contributed by atoms with Gasteiger partial charge >= 0.3 is 0 Å². The van der Waals surface area contributed by atoms with Gasteiger partial charge in [-0.3, -0.25) is 0 Å². The van der Waals surface area contributed by atoms with Gasteiger partial charge in [-0.2, -0.15) is 0 Å². The Labute approximate surface area is 264 Å². The van der Waals surface area contributed by atoms with Gasteiger partial charge in [0.05, 0.1) is 0 Å². The minimum absolute atomic E-state index is 0.417. The summed E-state index contributed by atoms with van der Waals surface area (Å²) >= 11 is 0. The van der Waals surface area contributed by atoms with Crippen LogP contribution in [-0.4, -0.2) is 5.16 Å². The summed E-state index contributed by atoms with van der Waals surface area (Å²) in [6.07, 6.45) is 0. The van der Waals surface area contributed by atoms with Gasteiger partial charge in [0.1, 0.15) is 0 Å². The summed E-state index contributed by atoms with van der Waals surface area (Å²) in [4.78, 5) is 0. The summed E-state index contributed by atoms with van der Waals surface area (Å²) in [7, 11) is 1.82. The summed E-state index contributed by atoms with van der Waals surface area (Å²) in [6, 6.07) is 64.7. The molecule has 0 amide bonds. The van der Waals surface area contributed by atoms with Crippen LogP contribution in [0, 0.1) is 0 Å². The largest absolute Gasteiger partial charge is 0.132 e. The van der Waals surface area contributed by atoms with Crippen LogP contribution in [0.4, 0.5) is 0 Å². The second-order valence-corrected chi connectivity index (χ2v) is 17.2. The highest BCUT2D eigenvalue weighted by atomic mass is 31.1. The van der Waals surface area contributed by atoms with Crippen molar-refractivity contribution in [2.75, 3.05) is 0 Å². The lowest BCUT2D eigenvalue weighted by atomic mass is 10.3. The van der Waals surface area contributed by atoms with Crippen molar-refractivity contribution in [1.29, 1.82) is 0 Å². The molecule has 0 nitrogen and oxygen atoms in total. The maximum absolute atomic E-state index is 2.72. The Morgan fingerprint density at radius 1 is 0.302 bits per heavy atom. The van der Waals surface area contributed by atoms with Gasteiger partial charge in [-0.15, -0.1) is 9.24 Å². The van der Waals surface area contributed by atoms with Gasteiger partial charge in [0.2, 0.25) is 0 Å². The Balaban J connectivity index is 0.000000171. The van der Waals surface area contributed by atoms with E-state index in [0.29, 0.717) is 5.16 Å². The molecule has 0 heterocycles. The topological polar surface area (TPSA) is 0 Å². The minimum Gasteiger partial charge on any atom is -0.132 e. The molecule has 1 unspecified atom stereocenters. The molecule has 0 radical (unpaired) electrons. The Morgan fingerprint density at radius 3 is 0.535 bits per heavy atom. The predicted octanol–water partition coefficient (Wildman–Crippen LogP) is 8.55. The highest BCUT2D eigenvalue weighted by molar-refractivity contribution is 7.80. The lowest BCUT2D eigenvalue weighted by Crippen LogP contribution is -2.20. The minimum atomic E-state index is -0.446. The van der Waals surface area contributed by atoms with Crippen molar-refractivity contribution in [1.82, 2.24) is 0 Å². The van der Waals surface area contributed by atoms with Gasteiger partial charge in [-0.1, -0.05) is 203 Å². The molecule has 0 aliphatic carbocycles. The summed E-state index contributed by atoms with van der Waals surface area (Å²) in [5.41, 5.74) is 0. The first-order chi connectivity index (χ1) is 20.9. The van der Waals surface area contributed by atoms with Crippen LogP contribution in [0.5, 0.6) is 0 Å². The van der Waals surface area contributed by atoms with Crippen molar-refractivity contribution in [2.45, 2.75) is 25.9 Å². The van der Waals surface area contributed by atoms with E-state index in [0.717, 1.165) is 0 Å². The van der Waals surface area contributed by atoms with E-state index in [2.05, 4.69) is 212 Å². The number of hydrogen-bond donors (Lipinski definition) is 0. The second kappa shape index (κ2) is 17.0. The molecule has 0 aliphatic rings. The molecule has 216 valence electrons. The normalized spacial score (nSPS) is 10.7. The molecular formula is C40H41P3. The second-order valence-electron chi connectivity index (χ2n) is 11.1. The summed E-state index contributed by atoms with van der Waals surface area (Å²) in [5, 5.41) is 8.80. The van der Waals surface area contributed by atoms with Gasteiger partial charge < -0.3 is 0 Å². The van der Waals surface area contributed by atoms with Gasteiger partial charge in [0.15, 0.2) is 0 Å². The molecule has 0 bridgehead atoms. The van der Waals surface area contributed by atoms with E-state index in [1.54, 1.807) is 0 Å². The first kappa shape index (κ1) is 32.5. The molecule has 1 atom stereocenters. The molecule has 0 N–H and O–H groups in total. The fourth-order valence-corrected chi connectivity index (χ4v) is 8.97. The SMILES string of the molecule is CC(C)(C)P.c1ccc(P(c2ccccc2)c2ccccc2)cc1.c1ccc(P(c2ccccc2)c2ccccc2)cc1. The summed E-state index contributed by atoms with van der Waals surface area (Å²) < 4.78 is 0. The van der Waals surface area contributed by atoms with Crippen LogP contribution >= 0.6 is 25.1 Å². The highest BCUT2D eigenvalue weighted by Crippen LogP contribution is 2.33. The van der Waals surface area contributed by atoms with Crippen molar-refractivity contribution in [3.8, 4) is 0 Å². The zero-order valence-corrected chi connectivity index (χ0v) is 28.2. The smallest absolute Gasteiger partial charge is 0.0134 e. The van der Waals surface area contributed by atoms with Crippen LogP contribution in [0.15, 0.2) is 182 Å². The molecule has 0 saturated carbocycles. The fraction of sp³-hybridized carbons (Fsp3) is 0.100. The van der Waals surface area contributed by atoms with E-state index in [1.165, 1.54) is 31.8 Å². The lowest BCUT2D eigenvalue weighted by molar-refractivity contribution is 0.804. The monoisotopic (exact) mass is 614 g/mol.